The normalized spacial score (nSPS) is 10.0. The molecule has 68 valence electrons. The van der Waals surface area contributed by atoms with Gasteiger partial charge in [-0.05, 0) is 23.4 Å². The quantitative estimate of drug-likeness (QED) is 0.679. The minimum atomic E-state index is 0.478. The number of pyridine rings is 1. The molecular formula is C12H10N2. The Bertz CT molecular complexity index is 509. The Morgan fingerprint density at radius 3 is 3.00 bits per heavy atom. The molecule has 2 nitrogen and oxygen atoms in total. The maximum Gasteiger partial charge on any atom is 0.141 e. The summed E-state index contributed by atoms with van der Waals surface area (Å²) in [6, 6.07) is 9.99. The molecule has 0 radical (unpaired) electrons. The maximum atomic E-state index is 8.71. The summed E-state index contributed by atoms with van der Waals surface area (Å²) in [5.41, 5.74) is 1.75. The van der Waals surface area contributed by atoms with Crippen molar-refractivity contribution in [3.63, 3.8) is 0 Å². The van der Waals surface area contributed by atoms with Crippen molar-refractivity contribution in [1.29, 1.82) is 5.26 Å². The van der Waals surface area contributed by atoms with E-state index in [2.05, 4.69) is 18.0 Å². The molecule has 0 unspecified atom stereocenters. The van der Waals surface area contributed by atoms with E-state index in [0.29, 0.717) is 5.69 Å². The fourth-order valence-electron chi connectivity index (χ4n) is 1.60. The van der Waals surface area contributed by atoms with Crippen LogP contribution in [-0.4, -0.2) is 4.98 Å². The molecule has 1 heterocycles. The van der Waals surface area contributed by atoms with E-state index in [1.165, 1.54) is 5.56 Å². The van der Waals surface area contributed by atoms with Crippen LogP contribution < -0.4 is 0 Å². The number of rotatable bonds is 1. The van der Waals surface area contributed by atoms with Crippen molar-refractivity contribution in [1.82, 2.24) is 4.98 Å². The number of benzene rings is 1. The monoisotopic (exact) mass is 182 g/mol. The molecule has 0 N–H and O–H groups in total. The molecule has 2 heteroatoms. The number of nitrogens with zero attached hydrogens (tertiary/aromatic N) is 2. The van der Waals surface area contributed by atoms with Gasteiger partial charge in [0.05, 0.1) is 0 Å². The molecule has 0 aliphatic rings. The summed E-state index contributed by atoms with van der Waals surface area (Å²) < 4.78 is 0. The van der Waals surface area contributed by atoms with Gasteiger partial charge in [0.1, 0.15) is 11.8 Å². The fraction of sp³-hybridized carbons (Fsp3) is 0.167. The van der Waals surface area contributed by atoms with Crippen LogP contribution in [0.5, 0.6) is 0 Å². The molecule has 1 aromatic carbocycles. The Morgan fingerprint density at radius 2 is 2.29 bits per heavy atom. The third-order valence-corrected chi connectivity index (χ3v) is 2.35. The fourth-order valence-corrected chi connectivity index (χ4v) is 1.60. The van der Waals surface area contributed by atoms with Gasteiger partial charge in [-0.1, -0.05) is 25.1 Å². The van der Waals surface area contributed by atoms with Crippen LogP contribution in [0.1, 0.15) is 18.2 Å². The van der Waals surface area contributed by atoms with Gasteiger partial charge in [-0.25, -0.2) is 4.98 Å². The van der Waals surface area contributed by atoms with Gasteiger partial charge >= 0.3 is 0 Å². The topological polar surface area (TPSA) is 36.7 Å². The first-order valence-corrected chi connectivity index (χ1v) is 4.63. The predicted molar refractivity (Wildman–Crippen MR) is 55.8 cm³/mol. The third-order valence-electron chi connectivity index (χ3n) is 2.35. The van der Waals surface area contributed by atoms with Crippen LogP contribution in [0.15, 0.2) is 30.5 Å². The summed E-state index contributed by atoms with van der Waals surface area (Å²) in [5, 5.41) is 11.0. The smallest absolute Gasteiger partial charge is 0.141 e. The van der Waals surface area contributed by atoms with E-state index in [-0.39, 0.29) is 0 Å². The number of hydrogen-bond acceptors (Lipinski definition) is 2. The van der Waals surface area contributed by atoms with Crippen molar-refractivity contribution in [2.45, 2.75) is 13.3 Å². The molecule has 0 aliphatic carbocycles. The number of aryl methyl sites for hydroxylation is 1. The molecule has 0 bridgehead atoms. The molecule has 1 aromatic heterocycles. The first kappa shape index (κ1) is 8.71. The predicted octanol–water partition coefficient (Wildman–Crippen LogP) is 2.67. The summed E-state index contributed by atoms with van der Waals surface area (Å²) in [6.45, 7) is 2.12. The van der Waals surface area contributed by atoms with Crippen LogP contribution in [0.4, 0.5) is 0 Å². The molecule has 2 aromatic rings. The van der Waals surface area contributed by atoms with Gasteiger partial charge in [0.15, 0.2) is 0 Å². The van der Waals surface area contributed by atoms with Crippen molar-refractivity contribution in [2.75, 3.05) is 0 Å². The Labute approximate surface area is 82.8 Å². The lowest BCUT2D eigenvalue weighted by Crippen LogP contribution is -1.87. The lowest BCUT2D eigenvalue weighted by molar-refractivity contribution is 1.15. The Hall–Kier alpha value is -1.88. The van der Waals surface area contributed by atoms with E-state index in [1.807, 2.05) is 24.3 Å². The zero-order chi connectivity index (χ0) is 9.97. The summed E-state index contributed by atoms with van der Waals surface area (Å²) in [4.78, 5) is 4.07. The second-order valence-corrected chi connectivity index (χ2v) is 3.17. The van der Waals surface area contributed by atoms with Crippen molar-refractivity contribution in [2.24, 2.45) is 0 Å². The van der Waals surface area contributed by atoms with Crippen LogP contribution in [0.3, 0.4) is 0 Å². The van der Waals surface area contributed by atoms with E-state index in [0.717, 1.165) is 17.2 Å². The molecule has 0 aliphatic heterocycles. The number of nitriles is 1. The first-order valence-electron chi connectivity index (χ1n) is 4.63. The van der Waals surface area contributed by atoms with E-state index in [1.54, 1.807) is 6.20 Å². The number of fused-ring (bicyclic) bond motifs is 1. The maximum absolute atomic E-state index is 8.71. The van der Waals surface area contributed by atoms with Crippen LogP contribution in [0.2, 0.25) is 0 Å². The Balaban J connectivity index is 2.75. The average molecular weight is 182 g/mol. The highest BCUT2D eigenvalue weighted by Crippen LogP contribution is 2.18. The molecule has 0 saturated heterocycles. The molecule has 0 spiro atoms. The molecule has 0 fully saturated rings. The van der Waals surface area contributed by atoms with Crippen molar-refractivity contribution < 1.29 is 0 Å². The molecule has 0 amide bonds. The van der Waals surface area contributed by atoms with E-state index in [9.17, 15) is 0 Å². The first-order chi connectivity index (χ1) is 6.85. The minimum absolute atomic E-state index is 0.478. The molecule has 14 heavy (non-hydrogen) atoms. The molecule has 0 saturated carbocycles. The van der Waals surface area contributed by atoms with E-state index in [4.69, 9.17) is 5.26 Å². The van der Waals surface area contributed by atoms with Crippen LogP contribution in [0.25, 0.3) is 10.8 Å². The highest BCUT2D eigenvalue weighted by Gasteiger charge is 2.00. The summed E-state index contributed by atoms with van der Waals surface area (Å²) >= 11 is 0. The van der Waals surface area contributed by atoms with Gasteiger partial charge < -0.3 is 0 Å². The van der Waals surface area contributed by atoms with E-state index < -0.39 is 0 Å². The van der Waals surface area contributed by atoms with Crippen LogP contribution >= 0.6 is 0 Å². The second kappa shape index (κ2) is 3.47. The zero-order valence-corrected chi connectivity index (χ0v) is 7.99. The molecule has 2 rings (SSSR count). The third kappa shape index (κ3) is 1.33. The standard InChI is InChI=1S/C12H10N2/c1-2-9-4-3-5-10-6-11(7-13)14-8-12(9)10/h3-6,8H,2H2,1H3. The van der Waals surface area contributed by atoms with Crippen molar-refractivity contribution >= 4 is 10.8 Å². The van der Waals surface area contributed by atoms with Crippen LogP contribution in [0, 0.1) is 11.3 Å². The van der Waals surface area contributed by atoms with Gasteiger partial charge in [-0.3, -0.25) is 0 Å². The van der Waals surface area contributed by atoms with Gasteiger partial charge in [0.25, 0.3) is 0 Å². The average Bonchev–Trinajstić information content (AvgIpc) is 2.27. The summed E-state index contributed by atoms with van der Waals surface area (Å²) in [7, 11) is 0. The highest BCUT2D eigenvalue weighted by molar-refractivity contribution is 5.85. The van der Waals surface area contributed by atoms with Gasteiger partial charge in [0.2, 0.25) is 0 Å². The largest absolute Gasteiger partial charge is 0.245 e. The van der Waals surface area contributed by atoms with Gasteiger partial charge in [0, 0.05) is 11.6 Å². The van der Waals surface area contributed by atoms with Crippen LogP contribution in [-0.2, 0) is 6.42 Å². The van der Waals surface area contributed by atoms with Gasteiger partial charge in [-0.15, -0.1) is 0 Å². The lowest BCUT2D eigenvalue weighted by atomic mass is 10.0. The summed E-state index contributed by atoms with van der Waals surface area (Å²) in [5.74, 6) is 0. The van der Waals surface area contributed by atoms with Crippen molar-refractivity contribution in [3.05, 3.63) is 41.7 Å². The van der Waals surface area contributed by atoms with E-state index >= 15 is 0 Å². The number of aromatic nitrogens is 1. The SMILES string of the molecule is CCc1cccc2cc(C#N)ncc12. The molecule has 0 atom stereocenters. The number of hydrogen-bond donors (Lipinski definition) is 0. The highest BCUT2D eigenvalue weighted by atomic mass is 14.7. The second-order valence-electron chi connectivity index (χ2n) is 3.17. The van der Waals surface area contributed by atoms with Gasteiger partial charge in [-0.2, -0.15) is 5.26 Å². The zero-order valence-electron chi connectivity index (χ0n) is 7.99. The summed E-state index contributed by atoms with van der Waals surface area (Å²) in [6.07, 6.45) is 2.78. The minimum Gasteiger partial charge on any atom is -0.245 e. The lowest BCUT2D eigenvalue weighted by Gasteiger charge is -2.02. The van der Waals surface area contributed by atoms with Crippen molar-refractivity contribution in [3.8, 4) is 6.07 Å². The Kier molecular flexibility index (Phi) is 2.16. The Morgan fingerprint density at radius 1 is 1.43 bits per heavy atom. The molecular weight excluding hydrogens is 172 g/mol.